The molecular formula is C18H21N3O6S. The number of pyridine rings is 1. The molecule has 0 spiro atoms. The van der Waals surface area contributed by atoms with Gasteiger partial charge in [-0.2, -0.15) is 0 Å². The van der Waals surface area contributed by atoms with Crippen molar-refractivity contribution in [1.82, 2.24) is 14.9 Å². The van der Waals surface area contributed by atoms with Crippen molar-refractivity contribution >= 4 is 35.6 Å². The number of imide groups is 1. The molecule has 2 saturated heterocycles. The number of hydrogen-bond acceptors (Lipinski definition) is 8. The largest absolute Gasteiger partial charge is 0.444 e. The summed E-state index contributed by atoms with van der Waals surface area (Å²) < 4.78 is 5.46. The molecular weight excluding hydrogens is 386 g/mol. The number of amides is 3. The number of hydroxylamine groups is 2. The molecule has 2 atom stereocenters. The molecule has 150 valence electrons. The van der Waals surface area contributed by atoms with Gasteiger partial charge in [-0.1, -0.05) is 6.07 Å². The molecule has 0 saturated carbocycles. The molecule has 1 unspecified atom stereocenters. The minimum absolute atomic E-state index is 0.000377. The molecule has 2 aliphatic heterocycles. The summed E-state index contributed by atoms with van der Waals surface area (Å²) >= 11 is 1.35. The zero-order valence-corrected chi connectivity index (χ0v) is 16.6. The van der Waals surface area contributed by atoms with Crippen LogP contribution < -0.4 is 0 Å². The molecule has 0 radical (unpaired) electrons. The molecule has 0 aromatic carbocycles. The van der Waals surface area contributed by atoms with E-state index in [9.17, 15) is 19.2 Å². The highest BCUT2D eigenvalue weighted by Crippen LogP contribution is 2.42. The second-order valence-corrected chi connectivity index (χ2v) is 8.48. The topological polar surface area (TPSA) is 106 Å². The maximum absolute atomic E-state index is 12.8. The van der Waals surface area contributed by atoms with Gasteiger partial charge in [0.1, 0.15) is 17.0 Å². The van der Waals surface area contributed by atoms with Crippen molar-refractivity contribution in [1.29, 1.82) is 0 Å². The van der Waals surface area contributed by atoms with E-state index >= 15 is 0 Å². The monoisotopic (exact) mass is 407 g/mol. The van der Waals surface area contributed by atoms with Gasteiger partial charge in [-0.05, 0) is 26.8 Å². The standard InChI is InChI=1S/C18H21N3O6S/c1-18(2,3)26-17(25)20-12(10-28-15(20)11-5-4-8-19-9-11)16(24)27-21-13(22)6-7-14(21)23/h4-5,8-9,12,15H,6-7,10H2,1-3H3/t12-,15?/m0/s1. The minimum atomic E-state index is -1.01. The second-order valence-electron chi connectivity index (χ2n) is 7.37. The molecule has 0 bridgehead atoms. The molecule has 2 aliphatic rings. The summed E-state index contributed by atoms with van der Waals surface area (Å²) in [4.78, 5) is 59.4. The van der Waals surface area contributed by atoms with E-state index in [0.29, 0.717) is 5.06 Å². The van der Waals surface area contributed by atoms with Crippen LogP contribution in [-0.2, 0) is 24.0 Å². The van der Waals surface area contributed by atoms with Crippen LogP contribution in [0.3, 0.4) is 0 Å². The van der Waals surface area contributed by atoms with E-state index in [4.69, 9.17) is 9.57 Å². The zero-order valence-electron chi connectivity index (χ0n) is 15.8. The van der Waals surface area contributed by atoms with Gasteiger partial charge in [0.15, 0.2) is 0 Å². The number of nitrogens with zero attached hydrogens (tertiary/aromatic N) is 3. The Morgan fingerprint density at radius 2 is 1.89 bits per heavy atom. The van der Waals surface area contributed by atoms with Crippen molar-refractivity contribution in [3.63, 3.8) is 0 Å². The highest BCUT2D eigenvalue weighted by molar-refractivity contribution is 7.99. The summed E-state index contributed by atoms with van der Waals surface area (Å²) in [6.45, 7) is 5.17. The third-order valence-electron chi connectivity index (χ3n) is 4.03. The van der Waals surface area contributed by atoms with Crippen LogP contribution in [0.5, 0.6) is 0 Å². The van der Waals surface area contributed by atoms with Crippen molar-refractivity contribution in [3.8, 4) is 0 Å². The van der Waals surface area contributed by atoms with Crippen molar-refractivity contribution in [3.05, 3.63) is 30.1 Å². The second kappa shape index (κ2) is 7.78. The normalized spacial score (nSPS) is 22.5. The number of ether oxygens (including phenoxy) is 1. The molecule has 10 heteroatoms. The molecule has 28 heavy (non-hydrogen) atoms. The summed E-state index contributed by atoms with van der Waals surface area (Å²) in [7, 11) is 0. The zero-order chi connectivity index (χ0) is 20.5. The van der Waals surface area contributed by atoms with Gasteiger partial charge in [-0.15, -0.1) is 16.8 Å². The van der Waals surface area contributed by atoms with Crippen molar-refractivity contribution in [2.45, 2.75) is 50.6 Å². The van der Waals surface area contributed by atoms with Crippen LogP contribution in [0.25, 0.3) is 0 Å². The molecule has 0 N–H and O–H groups in total. The van der Waals surface area contributed by atoms with Gasteiger partial charge in [-0.25, -0.2) is 9.59 Å². The van der Waals surface area contributed by atoms with E-state index in [-0.39, 0.29) is 18.6 Å². The SMILES string of the molecule is CC(C)(C)OC(=O)N1C(c2cccnc2)SC[C@H]1C(=O)ON1C(=O)CCC1=O. The molecule has 1 aromatic heterocycles. The Balaban J connectivity index is 1.84. The van der Waals surface area contributed by atoms with Gasteiger partial charge in [0, 0.05) is 36.6 Å². The fourth-order valence-corrected chi connectivity index (χ4v) is 4.20. The Hall–Kier alpha value is -2.62. The fourth-order valence-electron chi connectivity index (χ4n) is 2.81. The Kier molecular flexibility index (Phi) is 5.59. The molecule has 1 aromatic rings. The van der Waals surface area contributed by atoms with Gasteiger partial charge in [0.2, 0.25) is 0 Å². The average Bonchev–Trinajstić information content (AvgIpc) is 3.20. The van der Waals surface area contributed by atoms with Crippen LogP contribution in [-0.4, -0.2) is 56.2 Å². The maximum Gasteiger partial charge on any atom is 0.412 e. The molecule has 3 rings (SSSR count). The first-order valence-electron chi connectivity index (χ1n) is 8.78. The maximum atomic E-state index is 12.8. The number of rotatable bonds is 3. The predicted octanol–water partition coefficient (Wildman–Crippen LogP) is 2.04. The Morgan fingerprint density at radius 3 is 2.46 bits per heavy atom. The van der Waals surface area contributed by atoms with E-state index in [2.05, 4.69) is 4.98 Å². The average molecular weight is 407 g/mol. The van der Waals surface area contributed by atoms with Gasteiger partial charge >= 0.3 is 12.1 Å². The third-order valence-corrected chi connectivity index (χ3v) is 5.36. The number of carbonyl (C=O) groups excluding carboxylic acids is 4. The van der Waals surface area contributed by atoms with Crippen LogP contribution in [0.2, 0.25) is 0 Å². The van der Waals surface area contributed by atoms with Gasteiger partial charge in [0.05, 0.1) is 0 Å². The number of aromatic nitrogens is 1. The summed E-state index contributed by atoms with van der Waals surface area (Å²) in [5, 5.41) is -0.0245. The van der Waals surface area contributed by atoms with E-state index < -0.39 is 40.9 Å². The van der Waals surface area contributed by atoms with Crippen molar-refractivity contribution in [2.75, 3.05) is 5.75 Å². The van der Waals surface area contributed by atoms with Gasteiger partial charge in [-0.3, -0.25) is 19.5 Å². The third kappa shape index (κ3) is 4.27. The smallest absolute Gasteiger partial charge is 0.412 e. The lowest BCUT2D eigenvalue weighted by atomic mass is 10.2. The summed E-state index contributed by atoms with van der Waals surface area (Å²) in [6.07, 6.45) is 2.53. The number of hydrogen-bond donors (Lipinski definition) is 0. The van der Waals surface area contributed by atoms with Crippen molar-refractivity contribution < 1.29 is 28.8 Å². The molecule has 9 nitrogen and oxygen atoms in total. The highest BCUT2D eigenvalue weighted by atomic mass is 32.2. The molecule has 3 amide bonds. The molecule has 2 fully saturated rings. The lowest BCUT2D eigenvalue weighted by molar-refractivity contribution is -0.200. The van der Waals surface area contributed by atoms with Crippen LogP contribution in [0.1, 0.15) is 44.6 Å². The quantitative estimate of drug-likeness (QED) is 0.701. The van der Waals surface area contributed by atoms with Gasteiger partial charge in [0.25, 0.3) is 11.8 Å². The van der Waals surface area contributed by atoms with Crippen LogP contribution >= 0.6 is 11.8 Å². The van der Waals surface area contributed by atoms with Crippen LogP contribution in [0.4, 0.5) is 4.79 Å². The predicted molar refractivity (Wildman–Crippen MR) is 98.5 cm³/mol. The highest BCUT2D eigenvalue weighted by Gasteiger charge is 2.47. The fraction of sp³-hybridized carbons (Fsp3) is 0.500. The molecule has 0 aliphatic carbocycles. The first-order chi connectivity index (χ1) is 13.2. The lowest BCUT2D eigenvalue weighted by Gasteiger charge is -2.31. The first-order valence-corrected chi connectivity index (χ1v) is 9.82. The summed E-state index contributed by atoms with van der Waals surface area (Å²) in [5.41, 5.74) is -0.0407. The molecule has 3 heterocycles. The van der Waals surface area contributed by atoms with Crippen LogP contribution in [0, 0.1) is 0 Å². The van der Waals surface area contributed by atoms with E-state index in [1.807, 2.05) is 0 Å². The van der Waals surface area contributed by atoms with E-state index in [1.54, 1.807) is 45.3 Å². The minimum Gasteiger partial charge on any atom is -0.444 e. The van der Waals surface area contributed by atoms with E-state index in [1.165, 1.54) is 16.7 Å². The Bertz CT molecular complexity index is 778. The Morgan fingerprint density at radius 1 is 1.21 bits per heavy atom. The Labute approximate surface area is 166 Å². The lowest BCUT2D eigenvalue weighted by Crippen LogP contribution is -2.48. The van der Waals surface area contributed by atoms with Gasteiger partial charge < -0.3 is 9.57 Å². The van der Waals surface area contributed by atoms with E-state index in [0.717, 1.165) is 5.56 Å². The van der Waals surface area contributed by atoms with Crippen LogP contribution in [0.15, 0.2) is 24.5 Å². The van der Waals surface area contributed by atoms with Crippen molar-refractivity contribution in [2.24, 2.45) is 0 Å². The number of thioether (sulfide) groups is 1. The first kappa shape index (κ1) is 20.1. The summed E-state index contributed by atoms with van der Waals surface area (Å²) in [5.74, 6) is -1.77. The summed E-state index contributed by atoms with van der Waals surface area (Å²) in [6, 6.07) is 2.52. The number of carbonyl (C=O) groups is 4.